The van der Waals surface area contributed by atoms with E-state index in [1.807, 2.05) is 6.07 Å². The molecule has 0 aliphatic carbocycles. The summed E-state index contributed by atoms with van der Waals surface area (Å²) in [5.41, 5.74) is 6.28. The third-order valence-electron chi connectivity index (χ3n) is 4.58. The summed E-state index contributed by atoms with van der Waals surface area (Å²) < 4.78 is 5.37. The Hall–Kier alpha value is -2.07. The minimum absolute atomic E-state index is 0.883. The molecule has 112 valence electrons. The van der Waals surface area contributed by atoms with Gasteiger partial charge in [-0.25, -0.2) is 0 Å². The molecule has 1 N–H and O–H groups in total. The Bertz CT molecular complexity index is 844. The first-order valence-corrected chi connectivity index (χ1v) is 8.06. The normalized spacial score (nSPS) is 17.0. The molecule has 0 amide bonds. The van der Waals surface area contributed by atoms with Crippen LogP contribution >= 0.6 is 12.2 Å². The van der Waals surface area contributed by atoms with Gasteiger partial charge in [0.05, 0.1) is 23.5 Å². The van der Waals surface area contributed by atoms with Gasteiger partial charge in [-0.05, 0) is 42.7 Å². The molecule has 4 heteroatoms. The molecular formula is C18H18N2OS. The van der Waals surface area contributed by atoms with Crippen LogP contribution in [0.15, 0.2) is 30.0 Å². The van der Waals surface area contributed by atoms with Gasteiger partial charge < -0.3 is 14.6 Å². The van der Waals surface area contributed by atoms with Crippen molar-refractivity contribution in [2.45, 2.75) is 26.2 Å². The Kier molecular flexibility index (Phi) is 3.08. The fourth-order valence-electron chi connectivity index (χ4n) is 3.42. The zero-order valence-corrected chi connectivity index (χ0v) is 13.6. The summed E-state index contributed by atoms with van der Waals surface area (Å²) in [6, 6.07) is 6.17. The van der Waals surface area contributed by atoms with E-state index in [2.05, 4.69) is 41.2 Å². The molecule has 2 aliphatic heterocycles. The monoisotopic (exact) mass is 310 g/mol. The lowest BCUT2D eigenvalue weighted by Crippen LogP contribution is -2.29. The molecule has 2 aliphatic rings. The summed E-state index contributed by atoms with van der Waals surface area (Å²) >= 11 is 5.56. The molecule has 3 heterocycles. The van der Waals surface area contributed by atoms with Gasteiger partial charge in [-0.3, -0.25) is 0 Å². The Labute approximate surface area is 135 Å². The average Bonchev–Trinajstić information content (AvgIpc) is 2.93. The third-order valence-corrected chi connectivity index (χ3v) is 4.99. The fourth-order valence-corrected chi connectivity index (χ4v) is 3.67. The Morgan fingerprint density at radius 1 is 1.32 bits per heavy atom. The number of aromatic nitrogens is 1. The van der Waals surface area contributed by atoms with Crippen LogP contribution in [-0.2, 0) is 0 Å². The summed E-state index contributed by atoms with van der Waals surface area (Å²) in [4.78, 5) is 6.76. The largest absolute Gasteiger partial charge is 0.497 e. The summed E-state index contributed by atoms with van der Waals surface area (Å²) in [5.74, 6) is 0.883. The van der Waals surface area contributed by atoms with Crippen molar-refractivity contribution in [1.29, 1.82) is 0 Å². The van der Waals surface area contributed by atoms with Crippen molar-refractivity contribution in [3.63, 3.8) is 0 Å². The zero-order chi connectivity index (χ0) is 15.3. The number of hydrogen-bond donors (Lipinski definition) is 1. The molecule has 0 spiro atoms. The third kappa shape index (κ3) is 1.83. The highest BCUT2D eigenvalue weighted by atomic mass is 32.1. The van der Waals surface area contributed by atoms with E-state index in [1.54, 1.807) is 7.11 Å². The molecule has 22 heavy (non-hydrogen) atoms. The van der Waals surface area contributed by atoms with E-state index in [9.17, 15) is 0 Å². The SMILES string of the molecule is CCC1=C2c3[nH]c4ccc(OC)cc4c3C=CN2C(=S)CC1. The first-order chi connectivity index (χ1) is 10.7. The Morgan fingerprint density at radius 2 is 2.18 bits per heavy atom. The van der Waals surface area contributed by atoms with E-state index in [4.69, 9.17) is 17.0 Å². The molecule has 0 saturated carbocycles. The van der Waals surface area contributed by atoms with Crippen molar-refractivity contribution in [2.75, 3.05) is 7.11 Å². The van der Waals surface area contributed by atoms with Crippen molar-refractivity contribution < 1.29 is 4.74 Å². The van der Waals surface area contributed by atoms with Gasteiger partial charge in [0.2, 0.25) is 0 Å². The molecule has 1 aromatic carbocycles. The van der Waals surface area contributed by atoms with Crippen LogP contribution < -0.4 is 4.74 Å². The number of allylic oxidation sites excluding steroid dienone is 1. The summed E-state index contributed by atoms with van der Waals surface area (Å²) in [6.07, 6.45) is 7.35. The highest BCUT2D eigenvalue weighted by molar-refractivity contribution is 7.80. The van der Waals surface area contributed by atoms with Gasteiger partial charge in [-0.1, -0.05) is 19.1 Å². The molecule has 3 nitrogen and oxygen atoms in total. The minimum Gasteiger partial charge on any atom is -0.497 e. The Morgan fingerprint density at radius 3 is 2.95 bits per heavy atom. The van der Waals surface area contributed by atoms with Gasteiger partial charge in [0.25, 0.3) is 0 Å². The van der Waals surface area contributed by atoms with Crippen molar-refractivity contribution in [1.82, 2.24) is 9.88 Å². The van der Waals surface area contributed by atoms with Gasteiger partial charge in [-0.2, -0.15) is 0 Å². The van der Waals surface area contributed by atoms with Gasteiger partial charge in [0.1, 0.15) is 5.75 Å². The number of thiocarbonyl (C=S) groups is 1. The predicted octanol–water partition coefficient (Wildman–Crippen LogP) is 4.71. The zero-order valence-electron chi connectivity index (χ0n) is 12.8. The van der Waals surface area contributed by atoms with Crippen LogP contribution in [0.1, 0.15) is 37.4 Å². The van der Waals surface area contributed by atoms with Gasteiger partial charge in [0, 0.05) is 29.1 Å². The van der Waals surface area contributed by atoms with Crippen molar-refractivity contribution in [2.24, 2.45) is 0 Å². The van der Waals surface area contributed by atoms with E-state index >= 15 is 0 Å². The first kappa shape index (κ1) is 13.6. The van der Waals surface area contributed by atoms with Gasteiger partial charge >= 0.3 is 0 Å². The number of fused-ring (bicyclic) bond motifs is 5. The lowest BCUT2D eigenvalue weighted by Gasteiger charge is -2.33. The van der Waals surface area contributed by atoms with Crippen LogP contribution in [-0.4, -0.2) is 22.0 Å². The standard InChI is InChI=1S/C18H18N2OS/c1-3-11-4-7-16(22)20-9-8-13-14-10-12(21-2)5-6-15(14)19-17(13)18(11)20/h5-6,8-10,19H,3-4,7H2,1-2H3. The number of H-pyrrole nitrogens is 1. The van der Waals surface area contributed by atoms with Crippen LogP contribution in [0.4, 0.5) is 0 Å². The Balaban J connectivity index is 2.00. The van der Waals surface area contributed by atoms with E-state index in [0.717, 1.165) is 35.5 Å². The number of hydrogen-bond acceptors (Lipinski definition) is 2. The van der Waals surface area contributed by atoms with E-state index in [-0.39, 0.29) is 0 Å². The number of nitrogens with one attached hydrogen (secondary N) is 1. The molecule has 2 aromatic rings. The van der Waals surface area contributed by atoms with E-state index in [1.165, 1.54) is 27.9 Å². The first-order valence-electron chi connectivity index (χ1n) is 7.65. The second-order valence-corrected chi connectivity index (χ2v) is 6.18. The number of rotatable bonds is 2. The maximum Gasteiger partial charge on any atom is 0.119 e. The molecule has 1 aromatic heterocycles. The lowest BCUT2D eigenvalue weighted by atomic mass is 9.94. The van der Waals surface area contributed by atoms with Crippen LogP contribution in [0.2, 0.25) is 0 Å². The van der Waals surface area contributed by atoms with Crippen molar-refractivity contribution >= 4 is 39.9 Å². The van der Waals surface area contributed by atoms with E-state index < -0.39 is 0 Å². The van der Waals surface area contributed by atoms with Gasteiger partial charge in [-0.15, -0.1) is 0 Å². The minimum atomic E-state index is 0.883. The number of ether oxygens (including phenoxy) is 1. The molecule has 0 saturated heterocycles. The summed E-state index contributed by atoms with van der Waals surface area (Å²) in [6.45, 7) is 2.22. The molecule has 0 atom stereocenters. The molecule has 0 fully saturated rings. The fraction of sp³-hybridized carbons (Fsp3) is 0.278. The number of nitrogens with zero attached hydrogens (tertiary/aromatic N) is 1. The van der Waals surface area contributed by atoms with Crippen LogP contribution in [0, 0.1) is 0 Å². The number of benzene rings is 1. The molecule has 0 bridgehead atoms. The molecule has 0 unspecified atom stereocenters. The number of methoxy groups -OCH3 is 1. The molecule has 4 rings (SSSR count). The topological polar surface area (TPSA) is 28.3 Å². The average molecular weight is 310 g/mol. The second kappa shape index (κ2) is 4.99. The number of aromatic amines is 1. The van der Waals surface area contributed by atoms with Crippen LogP contribution in [0.3, 0.4) is 0 Å². The van der Waals surface area contributed by atoms with Crippen LogP contribution in [0.25, 0.3) is 22.7 Å². The second-order valence-electron chi connectivity index (χ2n) is 5.71. The highest BCUT2D eigenvalue weighted by Crippen LogP contribution is 2.41. The maximum absolute atomic E-state index is 5.56. The van der Waals surface area contributed by atoms with Gasteiger partial charge in [0.15, 0.2) is 0 Å². The van der Waals surface area contributed by atoms with Crippen LogP contribution in [0.5, 0.6) is 5.75 Å². The summed E-state index contributed by atoms with van der Waals surface area (Å²) in [7, 11) is 1.70. The summed E-state index contributed by atoms with van der Waals surface area (Å²) in [5, 5.41) is 1.20. The van der Waals surface area contributed by atoms with E-state index in [0.29, 0.717) is 0 Å². The maximum atomic E-state index is 5.56. The predicted molar refractivity (Wildman–Crippen MR) is 94.8 cm³/mol. The quantitative estimate of drug-likeness (QED) is 0.815. The highest BCUT2D eigenvalue weighted by Gasteiger charge is 2.29. The smallest absolute Gasteiger partial charge is 0.119 e. The molecule has 0 radical (unpaired) electrons. The van der Waals surface area contributed by atoms with Crippen molar-refractivity contribution in [3.05, 3.63) is 41.2 Å². The molecular weight excluding hydrogens is 292 g/mol. The van der Waals surface area contributed by atoms with Crippen molar-refractivity contribution in [3.8, 4) is 5.75 Å². The lowest BCUT2D eigenvalue weighted by molar-refractivity contribution is 0.415.